The number of unbranched alkanes of at least 4 members (excludes halogenated alkanes) is 1. The van der Waals surface area contributed by atoms with E-state index in [1.807, 2.05) is 24.3 Å². The summed E-state index contributed by atoms with van der Waals surface area (Å²) in [6, 6.07) is 17.6. The van der Waals surface area contributed by atoms with Crippen LogP contribution in [0.25, 0.3) is 46.1 Å². The van der Waals surface area contributed by atoms with Crippen molar-refractivity contribution >= 4 is 24.0 Å². The number of carbonyl (C=O) groups excluding carboxylic acids is 1. The van der Waals surface area contributed by atoms with Crippen molar-refractivity contribution in [2.45, 2.75) is 19.8 Å². The Morgan fingerprint density at radius 1 is 0.923 bits per heavy atom. The van der Waals surface area contributed by atoms with Crippen molar-refractivity contribution in [2.75, 3.05) is 6.54 Å². The third kappa shape index (κ3) is 7.13. The zero-order valence-electron chi connectivity index (χ0n) is 21.2. The number of carboxylic acids is 1. The lowest BCUT2D eigenvalue weighted by molar-refractivity contribution is -0.131. The molecule has 1 amide bonds. The molecule has 4 aromatic rings. The molecule has 6 nitrogen and oxygen atoms in total. The van der Waals surface area contributed by atoms with E-state index in [9.17, 15) is 18.4 Å². The zero-order valence-corrected chi connectivity index (χ0v) is 21.2. The summed E-state index contributed by atoms with van der Waals surface area (Å²) in [5, 5.41) is 11.7. The number of hydrogen-bond donors (Lipinski definition) is 3. The Bertz CT molecular complexity index is 1520. The number of aliphatic carboxylic acids is 1. The van der Waals surface area contributed by atoms with Gasteiger partial charge in [-0.2, -0.15) is 0 Å². The molecule has 8 heteroatoms. The normalized spacial score (nSPS) is 11.4. The third-order valence-corrected chi connectivity index (χ3v) is 5.95. The van der Waals surface area contributed by atoms with Gasteiger partial charge in [-0.15, -0.1) is 0 Å². The van der Waals surface area contributed by atoms with Gasteiger partial charge < -0.3 is 15.4 Å². The highest BCUT2D eigenvalue weighted by atomic mass is 19.1. The monoisotopic (exact) mass is 527 g/mol. The van der Waals surface area contributed by atoms with E-state index in [-0.39, 0.29) is 17.3 Å². The number of benzene rings is 3. The van der Waals surface area contributed by atoms with Crippen LogP contribution in [0, 0.1) is 11.6 Å². The number of imidazole rings is 1. The molecule has 0 bridgehead atoms. The third-order valence-electron chi connectivity index (χ3n) is 5.95. The molecule has 1 heterocycles. The quantitative estimate of drug-likeness (QED) is 0.158. The number of carbonyl (C=O) groups is 2. The molecule has 0 aliphatic carbocycles. The number of H-pyrrole nitrogens is 1. The van der Waals surface area contributed by atoms with Crippen molar-refractivity contribution in [3.63, 3.8) is 0 Å². The molecule has 3 aromatic carbocycles. The van der Waals surface area contributed by atoms with Crippen LogP contribution in [-0.4, -0.2) is 33.5 Å². The minimum atomic E-state index is -1.05. The molecule has 0 fully saturated rings. The van der Waals surface area contributed by atoms with Gasteiger partial charge in [-0.3, -0.25) is 4.79 Å². The van der Waals surface area contributed by atoms with Crippen molar-refractivity contribution in [2.24, 2.45) is 0 Å². The van der Waals surface area contributed by atoms with Crippen LogP contribution in [0.4, 0.5) is 8.78 Å². The van der Waals surface area contributed by atoms with Gasteiger partial charge in [0.2, 0.25) is 5.91 Å². The molecule has 4 rings (SSSR count). The van der Waals surface area contributed by atoms with Gasteiger partial charge in [0.15, 0.2) is 0 Å². The number of aromatic nitrogens is 2. The van der Waals surface area contributed by atoms with Crippen molar-refractivity contribution in [3.05, 3.63) is 102 Å². The molecule has 1 aromatic heterocycles. The molecule has 198 valence electrons. The fraction of sp³-hybridized carbons (Fsp3) is 0.129. The molecule has 39 heavy (non-hydrogen) atoms. The topological polar surface area (TPSA) is 95.1 Å². The summed E-state index contributed by atoms with van der Waals surface area (Å²) in [5.41, 5.74) is 4.05. The van der Waals surface area contributed by atoms with Crippen molar-refractivity contribution < 1.29 is 23.5 Å². The predicted molar refractivity (Wildman–Crippen MR) is 148 cm³/mol. The first-order chi connectivity index (χ1) is 18.8. The lowest BCUT2D eigenvalue weighted by atomic mass is 10.0. The number of nitrogens with zero attached hydrogens (tertiary/aromatic N) is 1. The molecule has 0 spiro atoms. The van der Waals surface area contributed by atoms with Crippen molar-refractivity contribution in [1.29, 1.82) is 0 Å². The maximum atomic E-state index is 14.6. The molecule has 0 saturated heterocycles. The summed E-state index contributed by atoms with van der Waals surface area (Å²) < 4.78 is 28.5. The van der Waals surface area contributed by atoms with Gasteiger partial charge in [-0.05, 0) is 47.9 Å². The molecule has 0 saturated carbocycles. The fourth-order valence-electron chi connectivity index (χ4n) is 3.90. The summed E-state index contributed by atoms with van der Waals surface area (Å²) in [6.07, 6.45) is 7.64. The second-order valence-corrected chi connectivity index (χ2v) is 8.83. The first kappa shape index (κ1) is 27.2. The molecule has 0 aliphatic rings. The van der Waals surface area contributed by atoms with E-state index in [0.29, 0.717) is 23.5 Å². The van der Waals surface area contributed by atoms with Gasteiger partial charge in [-0.25, -0.2) is 18.6 Å². The minimum absolute atomic E-state index is 0.00264. The second-order valence-electron chi connectivity index (χ2n) is 8.83. The minimum Gasteiger partial charge on any atom is -0.478 e. The summed E-state index contributed by atoms with van der Waals surface area (Å²) in [5.74, 6) is -2.25. The number of amides is 1. The smallest absolute Gasteiger partial charge is 0.328 e. The average molecular weight is 528 g/mol. The fourth-order valence-corrected chi connectivity index (χ4v) is 3.90. The molecular weight excluding hydrogens is 500 g/mol. The lowest BCUT2D eigenvalue weighted by Gasteiger charge is -2.05. The van der Waals surface area contributed by atoms with E-state index in [4.69, 9.17) is 5.11 Å². The summed E-state index contributed by atoms with van der Waals surface area (Å²) >= 11 is 0. The largest absolute Gasteiger partial charge is 0.478 e. The van der Waals surface area contributed by atoms with Gasteiger partial charge in [-0.1, -0.05) is 61.9 Å². The van der Waals surface area contributed by atoms with Crippen LogP contribution >= 0.6 is 0 Å². The van der Waals surface area contributed by atoms with Gasteiger partial charge in [0.25, 0.3) is 0 Å². The highest BCUT2D eigenvalue weighted by Gasteiger charge is 2.18. The highest BCUT2D eigenvalue weighted by molar-refractivity contribution is 5.92. The maximum absolute atomic E-state index is 14.6. The SMILES string of the molecule is CCCCNC(=O)C=Cc1ccc(-c2nc(-c3cc(F)ccc3F)[nH]c2-c2ccc(C=CC(=O)O)cc2)cc1. The van der Waals surface area contributed by atoms with E-state index >= 15 is 0 Å². The number of hydrogen-bond acceptors (Lipinski definition) is 3. The number of aromatic amines is 1. The van der Waals surface area contributed by atoms with Crippen LogP contribution in [0.3, 0.4) is 0 Å². The summed E-state index contributed by atoms with van der Waals surface area (Å²) in [6.45, 7) is 2.69. The molecule has 0 atom stereocenters. The molecule has 3 N–H and O–H groups in total. The Morgan fingerprint density at radius 2 is 1.56 bits per heavy atom. The first-order valence-electron chi connectivity index (χ1n) is 12.5. The first-order valence-corrected chi connectivity index (χ1v) is 12.5. The number of nitrogens with one attached hydrogen (secondary N) is 2. The molecule has 0 aliphatic heterocycles. The van der Waals surface area contributed by atoms with E-state index < -0.39 is 17.6 Å². The van der Waals surface area contributed by atoms with Crippen molar-refractivity contribution in [1.82, 2.24) is 15.3 Å². The second kappa shape index (κ2) is 12.6. The van der Waals surface area contributed by atoms with Crippen LogP contribution in [0.15, 0.2) is 78.9 Å². The molecular formula is C31H27F2N3O3. The standard InChI is InChI=1S/C31H27F2N3O3/c1-2-3-18-34-27(37)16-8-20-4-10-22(11-5-20)29-30(23-12-6-21(7-13-23)9-17-28(38)39)36-31(35-29)25-19-24(32)14-15-26(25)33/h4-17,19H,2-3,18H2,1H3,(H,34,37)(H,35,36)(H,38,39). The van der Waals surface area contributed by atoms with E-state index in [1.165, 1.54) is 12.2 Å². The Labute approximate surface area is 224 Å². The summed E-state index contributed by atoms with van der Waals surface area (Å²) in [4.78, 5) is 30.5. The lowest BCUT2D eigenvalue weighted by Crippen LogP contribution is -2.21. The maximum Gasteiger partial charge on any atom is 0.328 e. The van der Waals surface area contributed by atoms with Crippen LogP contribution in [0.1, 0.15) is 30.9 Å². The molecule has 0 radical (unpaired) electrons. The van der Waals surface area contributed by atoms with Crippen LogP contribution in [0.2, 0.25) is 0 Å². The summed E-state index contributed by atoms with van der Waals surface area (Å²) in [7, 11) is 0. The highest BCUT2D eigenvalue weighted by Crippen LogP contribution is 2.34. The Balaban J connectivity index is 1.68. The van der Waals surface area contributed by atoms with Crippen LogP contribution in [0.5, 0.6) is 0 Å². The van der Waals surface area contributed by atoms with Gasteiger partial charge in [0, 0.05) is 29.8 Å². The van der Waals surface area contributed by atoms with Crippen LogP contribution in [-0.2, 0) is 9.59 Å². The zero-order chi connectivity index (χ0) is 27.8. The number of carboxylic acid groups (broad SMARTS) is 1. The number of halogens is 2. The number of rotatable bonds is 10. The Morgan fingerprint density at radius 3 is 2.21 bits per heavy atom. The predicted octanol–water partition coefficient (Wildman–Crippen LogP) is 6.72. The van der Waals surface area contributed by atoms with E-state index in [2.05, 4.69) is 22.2 Å². The van der Waals surface area contributed by atoms with Crippen LogP contribution < -0.4 is 5.32 Å². The average Bonchev–Trinajstić information content (AvgIpc) is 3.38. The van der Waals surface area contributed by atoms with Crippen molar-refractivity contribution in [3.8, 4) is 33.9 Å². The van der Waals surface area contributed by atoms with E-state index in [0.717, 1.165) is 53.8 Å². The van der Waals surface area contributed by atoms with Gasteiger partial charge in [0.05, 0.1) is 17.0 Å². The Hall–Kier alpha value is -4.85. The van der Waals surface area contributed by atoms with Gasteiger partial charge in [0.1, 0.15) is 17.5 Å². The Kier molecular flexibility index (Phi) is 8.78. The van der Waals surface area contributed by atoms with Gasteiger partial charge >= 0.3 is 5.97 Å². The molecule has 0 unspecified atom stereocenters. The van der Waals surface area contributed by atoms with E-state index in [1.54, 1.807) is 30.3 Å².